The van der Waals surface area contributed by atoms with Crippen molar-refractivity contribution in [2.45, 2.75) is 46.5 Å². The Morgan fingerprint density at radius 2 is 2.00 bits per heavy atom. The molecule has 0 fully saturated rings. The quantitative estimate of drug-likeness (QED) is 0.411. The molecule has 0 saturated carbocycles. The van der Waals surface area contributed by atoms with E-state index in [4.69, 9.17) is 0 Å². The number of hydrogen-bond donors (Lipinski definition) is 0. The molecule has 0 nitrogen and oxygen atoms in total. The number of hydrogen-bond acceptors (Lipinski definition) is 0. The Morgan fingerprint density at radius 1 is 1.27 bits per heavy atom. The molecule has 0 unspecified atom stereocenters. The van der Waals surface area contributed by atoms with Crippen molar-refractivity contribution in [3.05, 3.63) is 23.8 Å². The standard InChI is InChI=1S/C11H20/c1-4-6-7-8-9-10-11(3)5-2/h5,9-10H,4,6-8H2,1-3H3. The number of unbranched alkanes of at least 4 members (excludes halogenated alkanes) is 3. The van der Waals surface area contributed by atoms with Crippen LogP contribution in [0, 0.1) is 0 Å². The monoisotopic (exact) mass is 152 g/mol. The lowest BCUT2D eigenvalue weighted by Crippen LogP contribution is -1.71. The van der Waals surface area contributed by atoms with Gasteiger partial charge in [-0.05, 0) is 26.7 Å². The van der Waals surface area contributed by atoms with E-state index in [0.29, 0.717) is 0 Å². The molecule has 0 aromatic heterocycles. The molecular formula is C11H20. The van der Waals surface area contributed by atoms with Crippen molar-refractivity contribution in [2.75, 3.05) is 0 Å². The van der Waals surface area contributed by atoms with Crippen LogP contribution in [-0.4, -0.2) is 0 Å². The van der Waals surface area contributed by atoms with Gasteiger partial charge in [-0.2, -0.15) is 0 Å². The van der Waals surface area contributed by atoms with Crippen LogP contribution < -0.4 is 0 Å². The smallest absolute Gasteiger partial charge is 0.0348 e. The second-order valence-electron chi connectivity index (χ2n) is 2.93. The lowest BCUT2D eigenvalue weighted by molar-refractivity contribution is 0.729. The van der Waals surface area contributed by atoms with Crippen LogP contribution in [0.2, 0.25) is 0 Å². The van der Waals surface area contributed by atoms with Gasteiger partial charge >= 0.3 is 0 Å². The summed E-state index contributed by atoms with van der Waals surface area (Å²) in [5, 5.41) is 0. The first kappa shape index (κ1) is 10.5. The third kappa shape index (κ3) is 7.38. The Kier molecular flexibility index (Phi) is 7.23. The molecule has 0 radical (unpaired) electrons. The van der Waals surface area contributed by atoms with Gasteiger partial charge in [-0.3, -0.25) is 0 Å². The summed E-state index contributed by atoms with van der Waals surface area (Å²) in [6, 6.07) is 0. The topological polar surface area (TPSA) is 0 Å². The summed E-state index contributed by atoms with van der Waals surface area (Å²) in [6.45, 7) is 6.45. The summed E-state index contributed by atoms with van der Waals surface area (Å²) in [6.07, 6.45) is 11.9. The molecule has 0 heterocycles. The van der Waals surface area contributed by atoms with Crippen LogP contribution in [0.5, 0.6) is 0 Å². The van der Waals surface area contributed by atoms with Gasteiger partial charge in [-0.1, -0.05) is 43.6 Å². The minimum Gasteiger partial charge on any atom is -0.0847 e. The van der Waals surface area contributed by atoms with Crippen LogP contribution in [-0.2, 0) is 0 Å². The predicted octanol–water partition coefficient (Wildman–Crippen LogP) is 4.09. The van der Waals surface area contributed by atoms with E-state index in [2.05, 4.69) is 39.0 Å². The molecule has 0 atom stereocenters. The summed E-state index contributed by atoms with van der Waals surface area (Å²) in [5.41, 5.74) is 1.36. The summed E-state index contributed by atoms with van der Waals surface area (Å²) in [5.74, 6) is 0. The van der Waals surface area contributed by atoms with Gasteiger partial charge in [-0.25, -0.2) is 0 Å². The molecule has 11 heavy (non-hydrogen) atoms. The number of allylic oxidation sites excluding steroid dienone is 4. The zero-order valence-corrected chi connectivity index (χ0v) is 8.06. The van der Waals surface area contributed by atoms with Crippen LogP contribution in [0.3, 0.4) is 0 Å². The van der Waals surface area contributed by atoms with E-state index in [9.17, 15) is 0 Å². The van der Waals surface area contributed by atoms with Crippen molar-refractivity contribution in [3.63, 3.8) is 0 Å². The van der Waals surface area contributed by atoms with Crippen molar-refractivity contribution < 1.29 is 0 Å². The Bertz CT molecular complexity index is 129. The minimum absolute atomic E-state index is 1.24. The zero-order valence-electron chi connectivity index (χ0n) is 8.06. The van der Waals surface area contributed by atoms with Gasteiger partial charge < -0.3 is 0 Å². The van der Waals surface area contributed by atoms with Crippen LogP contribution in [0.15, 0.2) is 23.8 Å². The maximum absolute atomic E-state index is 2.27. The average molecular weight is 152 g/mol. The van der Waals surface area contributed by atoms with Crippen LogP contribution >= 0.6 is 0 Å². The third-order valence-corrected chi connectivity index (χ3v) is 1.81. The summed E-state index contributed by atoms with van der Waals surface area (Å²) >= 11 is 0. The van der Waals surface area contributed by atoms with Gasteiger partial charge in [0.1, 0.15) is 0 Å². The fraction of sp³-hybridized carbons (Fsp3) is 0.636. The molecule has 0 aromatic carbocycles. The summed E-state index contributed by atoms with van der Waals surface area (Å²) in [4.78, 5) is 0. The van der Waals surface area contributed by atoms with E-state index in [0.717, 1.165) is 0 Å². The van der Waals surface area contributed by atoms with Crippen LogP contribution in [0.25, 0.3) is 0 Å². The van der Waals surface area contributed by atoms with Crippen molar-refractivity contribution in [3.8, 4) is 0 Å². The molecule has 64 valence electrons. The van der Waals surface area contributed by atoms with Gasteiger partial charge in [0.15, 0.2) is 0 Å². The highest BCUT2D eigenvalue weighted by atomic mass is 13.9. The molecule has 0 N–H and O–H groups in total. The molecule has 0 bridgehead atoms. The lowest BCUT2D eigenvalue weighted by Gasteiger charge is -1.91. The van der Waals surface area contributed by atoms with Gasteiger partial charge in [0.25, 0.3) is 0 Å². The largest absolute Gasteiger partial charge is 0.0847 e. The first-order valence-corrected chi connectivity index (χ1v) is 4.60. The highest BCUT2D eigenvalue weighted by Gasteiger charge is 1.81. The molecule has 0 spiro atoms. The Morgan fingerprint density at radius 3 is 2.55 bits per heavy atom. The van der Waals surface area contributed by atoms with E-state index in [1.807, 2.05) is 0 Å². The van der Waals surface area contributed by atoms with Crippen LogP contribution in [0.1, 0.15) is 46.5 Å². The molecule has 0 aliphatic heterocycles. The number of rotatable bonds is 5. The molecule has 0 heteroatoms. The normalized spacial score (nSPS) is 12.8. The molecule has 0 aliphatic rings. The second-order valence-corrected chi connectivity index (χ2v) is 2.93. The predicted molar refractivity (Wildman–Crippen MR) is 52.7 cm³/mol. The molecular weight excluding hydrogens is 132 g/mol. The highest BCUT2D eigenvalue weighted by molar-refractivity contribution is 5.14. The minimum atomic E-state index is 1.24. The Labute approximate surface area is 71.0 Å². The SMILES string of the molecule is CC=C(C)C=CCCCCC. The van der Waals surface area contributed by atoms with Gasteiger partial charge in [0.05, 0.1) is 0 Å². The van der Waals surface area contributed by atoms with Crippen molar-refractivity contribution in [1.82, 2.24) is 0 Å². The molecule has 0 aliphatic carbocycles. The van der Waals surface area contributed by atoms with E-state index < -0.39 is 0 Å². The van der Waals surface area contributed by atoms with Crippen LogP contribution in [0.4, 0.5) is 0 Å². The zero-order chi connectivity index (χ0) is 8.53. The van der Waals surface area contributed by atoms with Gasteiger partial charge in [-0.15, -0.1) is 0 Å². The van der Waals surface area contributed by atoms with E-state index in [1.165, 1.54) is 31.3 Å². The fourth-order valence-corrected chi connectivity index (χ4v) is 0.878. The molecule has 0 amide bonds. The Hall–Kier alpha value is -0.520. The fourth-order valence-electron chi connectivity index (χ4n) is 0.878. The van der Waals surface area contributed by atoms with E-state index >= 15 is 0 Å². The highest BCUT2D eigenvalue weighted by Crippen LogP contribution is 2.01. The van der Waals surface area contributed by atoms with E-state index in [1.54, 1.807) is 0 Å². The summed E-state index contributed by atoms with van der Waals surface area (Å²) < 4.78 is 0. The first-order valence-electron chi connectivity index (χ1n) is 4.60. The van der Waals surface area contributed by atoms with Crippen molar-refractivity contribution in [2.24, 2.45) is 0 Å². The van der Waals surface area contributed by atoms with Crippen molar-refractivity contribution in [1.29, 1.82) is 0 Å². The lowest BCUT2D eigenvalue weighted by atomic mass is 10.2. The average Bonchev–Trinajstić information content (AvgIpc) is 2.04. The van der Waals surface area contributed by atoms with E-state index in [-0.39, 0.29) is 0 Å². The van der Waals surface area contributed by atoms with Crippen molar-refractivity contribution >= 4 is 0 Å². The summed E-state index contributed by atoms with van der Waals surface area (Å²) in [7, 11) is 0. The van der Waals surface area contributed by atoms with Gasteiger partial charge in [0.2, 0.25) is 0 Å². The second kappa shape index (κ2) is 7.59. The Balaban J connectivity index is 3.30. The van der Waals surface area contributed by atoms with Gasteiger partial charge in [0, 0.05) is 0 Å². The maximum Gasteiger partial charge on any atom is -0.0348 e. The molecule has 0 aromatic rings. The third-order valence-electron chi connectivity index (χ3n) is 1.81. The first-order chi connectivity index (χ1) is 5.31. The maximum atomic E-state index is 2.27. The molecule has 0 rings (SSSR count). The molecule has 0 saturated heterocycles.